The van der Waals surface area contributed by atoms with Crippen LogP contribution in [-0.4, -0.2) is 13.0 Å². The normalized spacial score (nSPS) is 14.6. The molecule has 0 N–H and O–H groups in total. The Morgan fingerprint density at radius 1 is 0.558 bits per heavy atom. The molecule has 4 nitrogen and oxygen atoms in total. The van der Waals surface area contributed by atoms with Crippen LogP contribution in [0.1, 0.15) is 27.8 Å². The molecule has 8 rings (SSSR count). The first-order chi connectivity index (χ1) is 21.0. The van der Waals surface area contributed by atoms with E-state index in [0.717, 1.165) is 38.6 Å². The monoisotopic (exact) mass is 572 g/mol. The summed E-state index contributed by atoms with van der Waals surface area (Å²) < 4.78 is 30.4. The van der Waals surface area contributed by atoms with E-state index in [9.17, 15) is 13.7 Å². The van der Waals surface area contributed by atoms with Crippen LogP contribution in [0.2, 0.25) is 0 Å². The lowest BCUT2D eigenvalue weighted by Crippen LogP contribution is -2.37. The van der Waals surface area contributed by atoms with Crippen LogP contribution < -0.4 is 0 Å². The van der Waals surface area contributed by atoms with Gasteiger partial charge in [-0.05, 0) is 76.9 Å². The first-order valence-electron chi connectivity index (χ1n) is 14.1. The molecule has 0 saturated carbocycles. The molecular weight excluding hydrogens is 548 g/mol. The highest BCUT2D eigenvalue weighted by Gasteiger charge is 2.48. The summed E-state index contributed by atoms with van der Waals surface area (Å²) in [5.41, 5.74) is 6.08. The molecule has 7 aromatic rings. The Morgan fingerprint density at radius 3 is 1.79 bits per heavy atom. The molecule has 0 atom stereocenters. The first-order valence-corrected chi connectivity index (χ1v) is 15.6. The van der Waals surface area contributed by atoms with Gasteiger partial charge in [0.15, 0.2) is 0 Å². The Kier molecular flexibility index (Phi) is 5.46. The van der Waals surface area contributed by atoms with E-state index in [0.29, 0.717) is 26.5 Å². The molecule has 0 amide bonds. The van der Waals surface area contributed by atoms with Gasteiger partial charge < -0.3 is 4.57 Å². The third kappa shape index (κ3) is 3.45. The average molecular weight is 573 g/mol. The molecule has 2 heterocycles. The number of rotatable bonds is 3. The summed E-state index contributed by atoms with van der Waals surface area (Å²) in [6.07, 6.45) is 0. The summed E-state index contributed by atoms with van der Waals surface area (Å²) >= 11 is 0. The van der Waals surface area contributed by atoms with E-state index in [-0.39, 0.29) is 0 Å². The number of nitriles is 1. The zero-order chi connectivity index (χ0) is 29.2. The van der Waals surface area contributed by atoms with Gasteiger partial charge >= 0.3 is 0 Å². The summed E-state index contributed by atoms with van der Waals surface area (Å²) in [7, 11) is -3.77. The fourth-order valence-corrected chi connectivity index (χ4v) is 8.70. The molecule has 5 heteroatoms. The molecule has 0 spiro atoms. The summed E-state index contributed by atoms with van der Waals surface area (Å²) in [5.74, 6) is 0. The van der Waals surface area contributed by atoms with Crippen molar-refractivity contribution in [3.05, 3.63) is 173 Å². The maximum atomic E-state index is 14.0. The Morgan fingerprint density at radius 2 is 1.12 bits per heavy atom. The van der Waals surface area contributed by atoms with E-state index in [1.165, 1.54) is 0 Å². The van der Waals surface area contributed by atoms with Crippen LogP contribution in [-0.2, 0) is 15.3 Å². The Labute approximate surface area is 249 Å². The Balaban J connectivity index is 1.54. The van der Waals surface area contributed by atoms with Crippen molar-refractivity contribution in [3.63, 3.8) is 0 Å². The standard InChI is InChI=1S/C38H24N2O2S/c39-25-26-18-20-27(21-19-26)38(32-13-5-8-16-36(32)43(41,42)37-17-9-6-14-33(37)38)28-22-23-35-31(24-28)30-12-4-7-15-34(30)40(35)29-10-2-1-3-11-29/h1-24H. The number of sulfone groups is 1. The van der Waals surface area contributed by atoms with Crippen molar-refractivity contribution in [2.24, 2.45) is 0 Å². The molecule has 0 unspecified atom stereocenters. The van der Waals surface area contributed by atoms with Crippen LogP contribution in [0.5, 0.6) is 0 Å². The third-order valence-electron chi connectivity index (χ3n) is 8.73. The van der Waals surface area contributed by atoms with Gasteiger partial charge in [-0.15, -0.1) is 0 Å². The summed E-state index contributed by atoms with van der Waals surface area (Å²) in [4.78, 5) is 0.592. The van der Waals surface area contributed by atoms with Crippen LogP contribution in [0.4, 0.5) is 0 Å². The highest BCUT2D eigenvalue weighted by molar-refractivity contribution is 7.91. The predicted molar refractivity (Wildman–Crippen MR) is 169 cm³/mol. The summed E-state index contributed by atoms with van der Waals surface area (Å²) in [6, 6.07) is 49.6. The second-order valence-electron chi connectivity index (χ2n) is 10.9. The van der Waals surface area contributed by atoms with Gasteiger partial charge in [-0.2, -0.15) is 5.26 Å². The minimum atomic E-state index is -3.77. The Bertz CT molecular complexity index is 2310. The van der Waals surface area contributed by atoms with E-state index in [1.54, 1.807) is 24.3 Å². The first kappa shape index (κ1) is 25.3. The maximum absolute atomic E-state index is 14.0. The third-order valence-corrected chi connectivity index (χ3v) is 10.6. The van der Waals surface area contributed by atoms with Gasteiger partial charge in [0.2, 0.25) is 9.84 Å². The zero-order valence-corrected chi connectivity index (χ0v) is 23.8. The number of benzene rings is 6. The number of para-hydroxylation sites is 2. The molecule has 0 aliphatic carbocycles. The highest BCUT2D eigenvalue weighted by atomic mass is 32.2. The van der Waals surface area contributed by atoms with Crippen LogP contribution in [0.3, 0.4) is 0 Å². The van der Waals surface area contributed by atoms with Crippen LogP contribution in [0.15, 0.2) is 155 Å². The molecule has 43 heavy (non-hydrogen) atoms. The van der Waals surface area contributed by atoms with Crippen molar-refractivity contribution < 1.29 is 8.42 Å². The number of hydrogen-bond acceptors (Lipinski definition) is 3. The fraction of sp³-hybridized carbons (Fsp3) is 0.0263. The lowest BCUT2D eigenvalue weighted by Gasteiger charge is -2.41. The van der Waals surface area contributed by atoms with Crippen molar-refractivity contribution in [1.29, 1.82) is 5.26 Å². The highest BCUT2D eigenvalue weighted by Crippen LogP contribution is 2.54. The van der Waals surface area contributed by atoms with Gasteiger partial charge in [0.1, 0.15) is 0 Å². The van der Waals surface area contributed by atoms with Crippen molar-refractivity contribution in [2.75, 3.05) is 0 Å². The van der Waals surface area contributed by atoms with E-state index in [1.807, 2.05) is 66.7 Å². The minimum absolute atomic E-state index is 0.296. The smallest absolute Gasteiger partial charge is 0.207 e. The van der Waals surface area contributed by atoms with Gasteiger partial charge in [-0.25, -0.2) is 8.42 Å². The summed E-state index contributed by atoms with van der Waals surface area (Å²) in [6.45, 7) is 0. The molecule has 1 aliphatic rings. The van der Waals surface area contributed by atoms with Crippen LogP contribution >= 0.6 is 0 Å². The lowest BCUT2D eigenvalue weighted by molar-refractivity contribution is 0.579. The molecule has 0 saturated heterocycles. The molecule has 0 fully saturated rings. The predicted octanol–water partition coefficient (Wildman–Crippen LogP) is 8.18. The van der Waals surface area contributed by atoms with Gasteiger partial charge in [-0.1, -0.05) is 91.0 Å². The molecular formula is C38H24N2O2S. The molecule has 204 valence electrons. The van der Waals surface area contributed by atoms with Crippen molar-refractivity contribution >= 4 is 31.6 Å². The van der Waals surface area contributed by atoms with Crippen LogP contribution in [0.25, 0.3) is 27.5 Å². The van der Waals surface area contributed by atoms with E-state index < -0.39 is 15.3 Å². The quantitative estimate of drug-likeness (QED) is 0.214. The molecule has 0 radical (unpaired) electrons. The lowest BCUT2D eigenvalue weighted by atomic mass is 9.64. The zero-order valence-electron chi connectivity index (χ0n) is 23.0. The Hall–Kier alpha value is -5.44. The second-order valence-corrected chi connectivity index (χ2v) is 12.7. The average Bonchev–Trinajstić information content (AvgIpc) is 3.40. The van der Waals surface area contributed by atoms with Crippen molar-refractivity contribution in [3.8, 4) is 11.8 Å². The van der Waals surface area contributed by atoms with E-state index in [2.05, 4.69) is 65.2 Å². The largest absolute Gasteiger partial charge is 0.309 e. The van der Waals surface area contributed by atoms with Crippen molar-refractivity contribution in [1.82, 2.24) is 4.57 Å². The number of nitrogens with zero attached hydrogens (tertiary/aromatic N) is 2. The van der Waals surface area contributed by atoms with Gasteiger partial charge in [-0.3, -0.25) is 0 Å². The van der Waals surface area contributed by atoms with Crippen LogP contribution in [0, 0.1) is 11.3 Å². The SMILES string of the molecule is N#Cc1ccc(C2(c3ccc4c(c3)c3ccccc3n4-c3ccccc3)c3ccccc3S(=O)(=O)c3ccccc32)cc1. The topological polar surface area (TPSA) is 62.9 Å². The van der Waals surface area contributed by atoms with E-state index in [4.69, 9.17) is 0 Å². The number of aromatic nitrogens is 1. The minimum Gasteiger partial charge on any atom is -0.309 e. The summed E-state index contributed by atoms with van der Waals surface area (Å²) in [5, 5.41) is 11.8. The molecule has 6 aromatic carbocycles. The molecule has 1 aliphatic heterocycles. The second kappa shape index (κ2) is 9.29. The number of hydrogen-bond donors (Lipinski definition) is 0. The maximum Gasteiger partial charge on any atom is 0.207 e. The van der Waals surface area contributed by atoms with Gasteiger partial charge in [0.05, 0.1) is 37.9 Å². The van der Waals surface area contributed by atoms with Gasteiger partial charge in [0, 0.05) is 16.5 Å². The van der Waals surface area contributed by atoms with E-state index >= 15 is 0 Å². The molecule has 1 aromatic heterocycles. The van der Waals surface area contributed by atoms with Crippen molar-refractivity contribution in [2.45, 2.75) is 15.2 Å². The van der Waals surface area contributed by atoms with Gasteiger partial charge in [0.25, 0.3) is 0 Å². The molecule has 0 bridgehead atoms. The fourth-order valence-electron chi connectivity index (χ4n) is 6.93. The number of fused-ring (bicyclic) bond motifs is 5.